The summed E-state index contributed by atoms with van der Waals surface area (Å²) in [6.45, 7) is 10.6. The summed E-state index contributed by atoms with van der Waals surface area (Å²) in [6, 6.07) is 6.89. The van der Waals surface area contributed by atoms with Crippen LogP contribution >= 0.6 is 0 Å². The maximum absolute atomic E-state index is 13.9. The average Bonchev–Trinajstić information content (AvgIpc) is 2.90. The maximum atomic E-state index is 13.9. The van der Waals surface area contributed by atoms with E-state index in [-0.39, 0.29) is 40.4 Å². The lowest BCUT2D eigenvalue weighted by Gasteiger charge is -2.43. The molecule has 2 aromatic rings. The number of aromatic nitrogens is 1. The molecule has 1 aliphatic heterocycles. The first-order valence-electron chi connectivity index (χ1n) is 14.5. The molecule has 0 radical (unpaired) electrons. The molecule has 43 heavy (non-hydrogen) atoms. The number of nitrogens with zero attached hydrogens (tertiary/aromatic N) is 1. The van der Waals surface area contributed by atoms with Crippen LogP contribution in [0, 0.1) is 17.8 Å². The Morgan fingerprint density at radius 2 is 1.49 bits per heavy atom. The van der Waals surface area contributed by atoms with Crippen molar-refractivity contribution in [2.75, 3.05) is 27.4 Å². The van der Waals surface area contributed by atoms with E-state index in [9.17, 15) is 19.5 Å². The van der Waals surface area contributed by atoms with Gasteiger partial charge in [-0.2, -0.15) is 0 Å². The molecule has 228 valence electrons. The highest BCUT2D eigenvalue weighted by Crippen LogP contribution is 2.55. The van der Waals surface area contributed by atoms with Gasteiger partial charge >= 0.3 is 5.97 Å². The van der Waals surface area contributed by atoms with Gasteiger partial charge < -0.3 is 24.1 Å². The minimum absolute atomic E-state index is 0.0452. The Kier molecular flexibility index (Phi) is 7.98. The number of allylic oxidation sites excluding steroid dienone is 4. The second-order valence-corrected chi connectivity index (χ2v) is 13.1. The van der Waals surface area contributed by atoms with Crippen LogP contribution in [-0.4, -0.2) is 55.1 Å². The number of aromatic carboxylic acids is 1. The molecule has 2 heterocycles. The summed E-state index contributed by atoms with van der Waals surface area (Å²) < 4.78 is 22.9. The number of carbonyl (C=O) groups excluding carboxylic acids is 2. The molecular weight excluding hydrogens is 550 g/mol. The Morgan fingerprint density at radius 3 is 2.02 bits per heavy atom. The largest absolute Gasteiger partial charge is 0.496 e. The van der Waals surface area contributed by atoms with Gasteiger partial charge in [0.1, 0.15) is 23.9 Å². The van der Waals surface area contributed by atoms with Gasteiger partial charge in [0.05, 0.1) is 25.3 Å². The van der Waals surface area contributed by atoms with Crippen LogP contribution in [0.1, 0.15) is 80.9 Å². The molecule has 3 aliphatic rings. The third-order valence-electron chi connectivity index (χ3n) is 8.45. The first-order chi connectivity index (χ1) is 20.3. The molecule has 0 saturated heterocycles. The first-order valence-corrected chi connectivity index (χ1v) is 14.5. The summed E-state index contributed by atoms with van der Waals surface area (Å²) in [7, 11) is 3.10. The van der Waals surface area contributed by atoms with Crippen LogP contribution in [0.4, 0.5) is 0 Å². The Bertz CT molecular complexity index is 1530. The van der Waals surface area contributed by atoms with Crippen LogP contribution in [0.3, 0.4) is 0 Å². The van der Waals surface area contributed by atoms with Gasteiger partial charge in [-0.05, 0) is 47.6 Å². The minimum atomic E-state index is -1.22. The van der Waals surface area contributed by atoms with Crippen molar-refractivity contribution in [2.45, 2.75) is 66.2 Å². The van der Waals surface area contributed by atoms with Crippen molar-refractivity contribution in [1.29, 1.82) is 0 Å². The fraction of sp³-hybridized carbons (Fsp3) is 0.471. The molecule has 0 bridgehead atoms. The lowest BCUT2D eigenvalue weighted by molar-refractivity contribution is -0.120. The maximum Gasteiger partial charge on any atom is 0.358 e. The van der Waals surface area contributed by atoms with Crippen molar-refractivity contribution < 1.29 is 38.4 Å². The van der Waals surface area contributed by atoms with Crippen molar-refractivity contribution in [3.8, 4) is 22.8 Å². The zero-order valence-electron chi connectivity index (χ0n) is 25.9. The molecule has 9 heteroatoms. The van der Waals surface area contributed by atoms with Gasteiger partial charge in [0.25, 0.3) is 0 Å². The Morgan fingerprint density at radius 1 is 0.907 bits per heavy atom. The molecule has 0 spiro atoms. The van der Waals surface area contributed by atoms with E-state index in [1.54, 1.807) is 25.3 Å². The lowest BCUT2D eigenvalue weighted by atomic mass is 9.65. The van der Waals surface area contributed by atoms with Crippen molar-refractivity contribution in [3.05, 3.63) is 63.8 Å². The summed E-state index contributed by atoms with van der Waals surface area (Å²) in [4.78, 5) is 44.3. The number of ketones is 2. The van der Waals surface area contributed by atoms with E-state index < -0.39 is 11.9 Å². The first kappa shape index (κ1) is 30.5. The Labute approximate surface area is 251 Å². The number of benzene rings is 1. The van der Waals surface area contributed by atoms with Crippen molar-refractivity contribution in [1.82, 2.24) is 4.98 Å². The summed E-state index contributed by atoms with van der Waals surface area (Å²) in [5.74, 6) is -0.0821. The van der Waals surface area contributed by atoms with Gasteiger partial charge in [-0.1, -0.05) is 27.7 Å². The third kappa shape index (κ3) is 5.70. The Balaban J connectivity index is 1.72. The van der Waals surface area contributed by atoms with Gasteiger partial charge in [-0.15, -0.1) is 0 Å². The van der Waals surface area contributed by atoms with Crippen LogP contribution in [0.5, 0.6) is 11.5 Å². The molecule has 0 atom stereocenters. The smallest absolute Gasteiger partial charge is 0.358 e. The molecule has 1 N–H and O–H groups in total. The van der Waals surface area contributed by atoms with E-state index in [1.807, 2.05) is 40.7 Å². The number of carboxylic acid groups (broad SMARTS) is 1. The number of hydrogen-bond donors (Lipinski definition) is 1. The second kappa shape index (κ2) is 11.3. The molecule has 0 saturated carbocycles. The fourth-order valence-corrected chi connectivity index (χ4v) is 6.58. The topological polar surface area (TPSA) is 121 Å². The highest BCUT2D eigenvalue weighted by molar-refractivity contribution is 6.06. The number of carbonyl (C=O) groups is 3. The number of ether oxygens (including phenoxy) is 4. The molecule has 0 unspecified atom stereocenters. The van der Waals surface area contributed by atoms with Crippen LogP contribution in [0.15, 0.2) is 46.9 Å². The van der Waals surface area contributed by atoms with Gasteiger partial charge in [0.2, 0.25) is 0 Å². The van der Waals surface area contributed by atoms with E-state index in [1.165, 1.54) is 7.11 Å². The number of hydrogen-bond acceptors (Lipinski definition) is 8. The average molecular weight is 590 g/mol. The molecular formula is C34H39NO8. The predicted octanol–water partition coefficient (Wildman–Crippen LogP) is 6.19. The zero-order chi connectivity index (χ0) is 31.3. The van der Waals surface area contributed by atoms with E-state index in [4.69, 9.17) is 18.9 Å². The van der Waals surface area contributed by atoms with E-state index in [2.05, 4.69) is 4.98 Å². The van der Waals surface area contributed by atoms with E-state index in [0.29, 0.717) is 77.5 Å². The molecule has 1 aromatic carbocycles. The van der Waals surface area contributed by atoms with Crippen molar-refractivity contribution in [2.24, 2.45) is 10.8 Å². The minimum Gasteiger partial charge on any atom is -0.496 e. The number of pyridine rings is 1. The summed E-state index contributed by atoms with van der Waals surface area (Å²) in [5.41, 5.74) is 2.72. The quantitative estimate of drug-likeness (QED) is 0.359. The standard InChI is InChI=1S/C34H39NO8/c1-18-19(20-9-11-24(42-13-12-40-6)31(35-20)32(38)39)8-10-23(41-7)27(18)30-28-21(36)14-33(2,3)16-25(28)43-26-17-34(4,5)15-22(37)29(26)30/h8-11,30H,12-17H2,1-7H3,(H,38,39). The zero-order valence-corrected chi connectivity index (χ0v) is 25.9. The van der Waals surface area contributed by atoms with Crippen molar-refractivity contribution >= 4 is 17.5 Å². The van der Waals surface area contributed by atoms with Crippen molar-refractivity contribution in [3.63, 3.8) is 0 Å². The fourth-order valence-electron chi connectivity index (χ4n) is 6.58. The predicted molar refractivity (Wildman–Crippen MR) is 159 cm³/mol. The number of methoxy groups -OCH3 is 2. The van der Waals surface area contributed by atoms with Crippen LogP contribution in [-0.2, 0) is 19.1 Å². The summed E-state index contributed by atoms with van der Waals surface area (Å²) in [5, 5.41) is 9.91. The lowest BCUT2D eigenvalue weighted by Crippen LogP contribution is -2.38. The molecule has 9 nitrogen and oxygen atoms in total. The second-order valence-electron chi connectivity index (χ2n) is 13.1. The molecule has 1 aromatic heterocycles. The highest BCUT2D eigenvalue weighted by atomic mass is 16.5. The normalized spacial score (nSPS) is 19.5. The van der Waals surface area contributed by atoms with Gasteiger partial charge in [0.15, 0.2) is 23.0 Å². The van der Waals surface area contributed by atoms with Gasteiger partial charge in [0, 0.05) is 55.1 Å². The number of carboxylic acids is 1. The molecule has 0 fully saturated rings. The SMILES string of the molecule is COCCOc1ccc(-c2ccc(OC)c(C3C4=C(CC(C)(C)CC4=O)OC4=C3C(=O)CC(C)(C)C4)c2C)nc1C(=O)O. The number of Topliss-reactive ketones (excluding diaryl/α,β-unsaturated/α-hetero) is 2. The van der Waals surface area contributed by atoms with Gasteiger partial charge in [-0.25, -0.2) is 9.78 Å². The van der Waals surface area contributed by atoms with Gasteiger partial charge in [-0.3, -0.25) is 9.59 Å². The van der Waals surface area contributed by atoms with Crippen LogP contribution in [0.2, 0.25) is 0 Å². The third-order valence-corrected chi connectivity index (χ3v) is 8.45. The molecule has 5 rings (SSSR count). The monoisotopic (exact) mass is 589 g/mol. The number of rotatable bonds is 8. The van der Waals surface area contributed by atoms with E-state index >= 15 is 0 Å². The summed E-state index contributed by atoms with van der Waals surface area (Å²) >= 11 is 0. The molecule has 0 amide bonds. The summed E-state index contributed by atoms with van der Waals surface area (Å²) in [6.07, 6.45) is 1.82. The Hall–Kier alpha value is -3.98. The molecule has 2 aliphatic carbocycles. The highest BCUT2D eigenvalue weighted by Gasteiger charge is 2.49. The van der Waals surface area contributed by atoms with Crippen LogP contribution < -0.4 is 9.47 Å². The van der Waals surface area contributed by atoms with Crippen LogP contribution in [0.25, 0.3) is 11.3 Å². The van der Waals surface area contributed by atoms with E-state index in [0.717, 1.165) is 5.56 Å².